The number of carbonyl (C=O) groups excluding carboxylic acids is 2. The molecule has 0 bridgehead atoms. The third-order valence-electron chi connectivity index (χ3n) is 4.80. The van der Waals surface area contributed by atoms with E-state index in [0.717, 1.165) is 12.1 Å². The topological polar surface area (TPSA) is 83.6 Å². The number of benzene rings is 2. The largest absolute Gasteiger partial charge is 0.367 e. The van der Waals surface area contributed by atoms with Gasteiger partial charge in [-0.3, -0.25) is 14.3 Å². The summed E-state index contributed by atoms with van der Waals surface area (Å²) < 4.78 is 55.4. The summed E-state index contributed by atoms with van der Waals surface area (Å²) in [6, 6.07) is 8.50. The van der Waals surface area contributed by atoms with Gasteiger partial charge in [-0.05, 0) is 25.0 Å². The van der Waals surface area contributed by atoms with Crippen LogP contribution < -0.4 is 4.72 Å². The molecule has 0 spiro atoms. The van der Waals surface area contributed by atoms with Crippen molar-refractivity contribution in [3.63, 3.8) is 0 Å². The van der Waals surface area contributed by atoms with Gasteiger partial charge < -0.3 is 4.90 Å². The normalized spacial score (nSPS) is 13.9. The van der Waals surface area contributed by atoms with Crippen molar-refractivity contribution >= 4 is 27.3 Å². The number of nitrogens with one attached hydrogen (secondary N) is 1. The molecule has 0 aliphatic heterocycles. The van der Waals surface area contributed by atoms with Gasteiger partial charge in [0, 0.05) is 30.3 Å². The van der Waals surface area contributed by atoms with Crippen molar-refractivity contribution in [1.29, 1.82) is 0 Å². The first-order valence-electron chi connectivity index (χ1n) is 9.86. The number of halogens is 2. The van der Waals surface area contributed by atoms with Crippen LogP contribution in [0.5, 0.6) is 0 Å². The Balaban J connectivity index is 2.20. The Morgan fingerprint density at radius 3 is 2.00 bits per heavy atom. The molecule has 0 fully saturated rings. The molecule has 164 valence electrons. The molecule has 2 aromatic carbocycles. The van der Waals surface area contributed by atoms with Crippen LogP contribution in [0.15, 0.2) is 53.1 Å². The van der Waals surface area contributed by atoms with Crippen molar-refractivity contribution in [3.8, 4) is 0 Å². The van der Waals surface area contributed by atoms with E-state index >= 15 is 0 Å². The van der Waals surface area contributed by atoms with Crippen molar-refractivity contribution in [2.45, 2.75) is 26.7 Å². The number of sulfonamides is 1. The Bertz CT molecular complexity index is 1170. The lowest BCUT2D eigenvalue weighted by atomic mass is 9.91. The summed E-state index contributed by atoms with van der Waals surface area (Å²) in [5.41, 5.74) is -0.355. The van der Waals surface area contributed by atoms with E-state index in [4.69, 9.17) is 0 Å². The van der Waals surface area contributed by atoms with Gasteiger partial charge in [-0.15, -0.1) is 0 Å². The Morgan fingerprint density at radius 1 is 0.871 bits per heavy atom. The maximum absolute atomic E-state index is 13.6. The summed E-state index contributed by atoms with van der Waals surface area (Å²) in [5, 5.41) is 0. The summed E-state index contributed by atoms with van der Waals surface area (Å²) in [6.45, 7) is 4.49. The van der Waals surface area contributed by atoms with Gasteiger partial charge in [0.25, 0.3) is 10.0 Å². The first-order chi connectivity index (χ1) is 14.7. The molecule has 0 heterocycles. The highest BCUT2D eigenvalue weighted by Crippen LogP contribution is 2.32. The Morgan fingerprint density at radius 2 is 1.45 bits per heavy atom. The predicted octanol–water partition coefficient (Wildman–Crippen LogP) is 4.12. The van der Waals surface area contributed by atoms with Crippen molar-refractivity contribution in [2.75, 3.05) is 17.8 Å². The van der Waals surface area contributed by atoms with Gasteiger partial charge in [0.1, 0.15) is 5.70 Å². The van der Waals surface area contributed by atoms with Crippen LogP contribution >= 0.6 is 0 Å². The zero-order valence-corrected chi connectivity index (χ0v) is 17.9. The second-order valence-corrected chi connectivity index (χ2v) is 8.72. The van der Waals surface area contributed by atoms with E-state index in [2.05, 4.69) is 4.72 Å². The molecular weight excluding hydrogens is 426 g/mol. The minimum Gasteiger partial charge on any atom is -0.367 e. The first kappa shape index (κ1) is 22.6. The summed E-state index contributed by atoms with van der Waals surface area (Å²) in [5.74, 6) is -3.78. The SMILES string of the molecule is CCCN(CCC)C1=C(S(=O)(=O)Nc2ccc(F)c(F)c2)C(=O)c2ccccc2C1=O. The monoisotopic (exact) mass is 448 g/mol. The van der Waals surface area contributed by atoms with Gasteiger partial charge >= 0.3 is 0 Å². The van der Waals surface area contributed by atoms with E-state index in [1.165, 1.54) is 18.2 Å². The first-order valence-corrected chi connectivity index (χ1v) is 11.3. The van der Waals surface area contributed by atoms with Crippen molar-refractivity contribution in [3.05, 3.63) is 75.8 Å². The van der Waals surface area contributed by atoms with E-state index in [-0.39, 0.29) is 22.5 Å². The number of ketones is 2. The van der Waals surface area contributed by atoms with Crippen molar-refractivity contribution in [1.82, 2.24) is 4.90 Å². The lowest BCUT2D eigenvalue weighted by Gasteiger charge is -2.31. The lowest BCUT2D eigenvalue weighted by Crippen LogP contribution is -2.38. The molecular formula is C22H22F2N2O4S. The average Bonchev–Trinajstić information content (AvgIpc) is 2.72. The fourth-order valence-corrected chi connectivity index (χ4v) is 4.89. The van der Waals surface area contributed by atoms with Crippen LogP contribution in [-0.4, -0.2) is 38.0 Å². The number of hydrogen-bond donors (Lipinski definition) is 1. The minimum atomic E-state index is -4.59. The van der Waals surface area contributed by atoms with Gasteiger partial charge in [-0.25, -0.2) is 17.2 Å². The third kappa shape index (κ3) is 4.36. The van der Waals surface area contributed by atoms with Gasteiger partial charge in [-0.2, -0.15) is 0 Å². The maximum atomic E-state index is 13.6. The average molecular weight is 448 g/mol. The van der Waals surface area contributed by atoms with E-state index < -0.39 is 38.1 Å². The number of rotatable bonds is 8. The molecule has 31 heavy (non-hydrogen) atoms. The number of allylic oxidation sites excluding steroid dienone is 2. The van der Waals surface area contributed by atoms with Crippen LogP contribution in [0.4, 0.5) is 14.5 Å². The van der Waals surface area contributed by atoms with Crippen molar-refractivity contribution < 1.29 is 26.8 Å². The van der Waals surface area contributed by atoms with Crippen LogP contribution in [-0.2, 0) is 10.0 Å². The molecule has 0 saturated carbocycles. The highest BCUT2D eigenvalue weighted by Gasteiger charge is 2.41. The fourth-order valence-electron chi connectivity index (χ4n) is 3.52. The Hall–Kier alpha value is -3.07. The molecule has 1 N–H and O–H groups in total. The second kappa shape index (κ2) is 8.97. The zero-order valence-electron chi connectivity index (χ0n) is 17.1. The summed E-state index contributed by atoms with van der Waals surface area (Å²) in [4.78, 5) is 27.5. The van der Waals surface area contributed by atoms with Gasteiger partial charge in [-0.1, -0.05) is 38.1 Å². The van der Waals surface area contributed by atoms with Crippen LogP contribution in [0.2, 0.25) is 0 Å². The maximum Gasteiger partial charge on any atom is 0.268 e. The fraction of sp³-hybridized carbons (Fsp3) is 0.273. The van der Waals surface area contributed by atoms with Crippen LogP contribution in [0, 0.1) is 11.6 Å². The highest BCUT2D eigenvalue weighted by atomic mass is 32.2. The van der Waals surface area contributed by atoms with E-state index in [1.807, 2.05) is 13.8 Å². The van der Waals surface area contributed by atoms with Crippen LogP contribution in [0.25, 0.3) is 0 Å². The summed E-state index contributed by atoms with van der Waals surface area (Å²) in [7, 11) is -4.59. The molecule has 1 aliphatic rings. The van der Waals surface area contributed by atoms with E-state index in [9.17, 15) is 26.8 Å². The van der Waals surface area contributed by atoms with Crippen LogP contribution in [0.3, 0.4) is 0 Å². The second-order valence-electron chi connectivity index (χ2n) is 7.10. The molecule has 1 aliphatic carbocycles. The standard InChI is InChI=1S/C22H22F2N2O4S/c1-3-11-26(12-4-2)19-20(27)15-7-5-6-8-16(15)21(28)22(19)31(29,30)25-14-9-10-17(23)18(24)13-14/h5-10,13,25H,3-4,11-12H2,1-2H3. The zero-order chi connectivity index (χ0) is 22.8. The number of carbonyl (C=O) groups is 2. The summed E-state index contributed by atoms with van der Waals surface area (Å²) in [6.07, 6.45) is 1.24. The lowest BCUT2D eigenvalue weighted by molar-refractivity contribution is 0.0946. The van der Waals surface area contributed by atoms with E-state index in [1.54, 1.807) is 11.0 Å². The van der Waals surface area contributed by atoms with Gasteiger partial charge in [0.15, 0.2) is 16.5 Å². The molecule has 0 amide bonds. The Kier molecular flexibility index (Phi) is 6.54. The molecule has 0 saturated heterocycles. The number of nitrogens with zero attached hydrogens (tertiary/aromatic N) is 1. The molecule has 0 radical (unpaired) electrons. The third-order valence-corrected chi connectivity index (χ3v) is 6.22. The predicted molar refractivity (Wildman–Crippen MR) is 113 cm³/mol. The number of hydrogen-bond acceptors (Lipinski definition) is 5. The molecule has 0 aromatic heterocycles. The number of anilines is 1. The molecule has 6 nitrogen and oxygen atoms in total. The minimum absolute atomic E-state index is 0.0186. The number of Topliss-reactive ketones (excluding diaryl/α,β-unsaturated/α-hetero) is 2. The van der Waals surface area contributed by atoms with Crippen LogP contribution in [0.1, 0.15) is 47.4 Å². The molecule has 9 heteroatoms. The smallest absolute Gasteiger partial charge is 0.268 e. The van der Waals surface area contributed by atoms with Gasteiger partial charge in [0.05, 0.1) is 5.69 Å². The quantitative estimate of drug-likeness (QED) is 0.657. The summed E-state index contributed by atoms with van der Waals surface area (Å²) >= 11 is 0. The molecule has 2 aromatic rings. The molecule has 0 atom stereocenters. The number of fused-ring (bicyclic) bond motifs is 1. The van der Waals surface area contributed by atoms with Gasteiger partial charge in [0.2, 0.25) is 11.6 Å². The van der Waals surface area contributed by atoms with E-state index in [0.29, 0.717) is 32.0 Å². The Labute approximate surface area is 179 Å². The van der Waals surface area contributed by atoms with Crippen molar-refractivity contribution in [2.24, 2.45) is 0 Å². The molecule has 0 unspecified atom stereocenters. The highest BCUT2D eigenvalue weighted by molar-refractivity contribution is 7.97. The molecule has 3 rings (SSSR count).